The predicted molar refractivity (Wildman–Crippen MR) is 106 cm³/mol. The highest BCUT2D eigenvalue weighted by Crippen LogP contribution is 2.35. The van der Waals surface area contributed by atoms with Crippen LogP contribution in [0.25, 0.3) is 0 Å². The first-order valence-electron chi connectivity index (χ1n) is 7.99. The number of nitrogens with zero attached hydrogens (tertiary/aromatic N) is 2. The molecule has 1 N–H and O–H groups in total. The van der Waals surface area contributed by atoms with E-state index in [-0.39, 0.29) is 27.6 Å². The van der Waals surface area contributed by atoms with Crippen LogP contribution in [0, 0.1) is 21.4 Å². The molecule has 0 heterocycles. The minimum absolute atomic E-state index is 0.101. The number of nitro groups is 1. The highest BCUT2D eigenvalue weighted by Gasteiger charge is 2.33. The van der Waals surface area contributed by atoms with Crippen LogP contribution in [-0.4, -0.2) is 17.4 Å². The van der Waals surface area contributed by atoms with Gasteiger partial charge in [0.2, 0.25) is 0 Å². The normalized spacial score (nSPS) is 10.7. The van der Waals surface area contributed by atoms with Gasteiger partial charge in [-0.05, 0) is 24.3 Å². The van der Waals surface area contributed by atoms with Gasteiger partial charge in [0.15, 0.2) is 0 Å². The van der Waals surface area contributed by atoms with Gasteiger partial charge in [-0.15, -0.1) is 0 Å². The van der Waals surface area contributed by atoms with Gasteiger partial charge in [-0.25, -0.2) is 0 Å². The Hall–Kier alpha value is -3.00. The molecule has 2 rings (SSSR count). The van der Waals surface area contributed by atoms with E-state index < -0.39 is 39.4 Å². The van der Waals surface area contributed by atoms with Crippen molar-refractivity contribution in [2.24, 2.45) is 0 Å². The fourth-order valence-corrected chi connectivity index (χ4v) is 2.50. The van der Waals surface area contributed by atoms with Gasteiger partial charge in [-0.1, -0.05) is 34.8 Å². The molecule has 0 atom stereocenters. The molecule has 162 valence electrons. The SMILES string of the molecule is N#Cc1cc(Oc2ccc([N+](=O)[O-])c(C(=O)NCC(Cl)=C(Cl)Cl)c2)ccc1C(F)(F)F. The third-order valence-electron chi connectivity index (χ3n) is 3.67. The topological polar surface area (TPSA) is 105 Å². The Morgan fingerprint density at radius 2 is 1.77 bits per heavy atom. The molecular weight excluding hydrogens is 486 g/mol. The molecular formula is C18H9Cl3F3N3O4. The summed E-state index contributed by atoms with van der Waals surface area (Å²) in [5, 5.41) is 22.4. The van der Waals surface area contributed by atoms with Gasteiger partial charge in [0.25, 0.3) is 11.6 Å². The molecule has 0 unspecified atom stereocenters. The number of rotatable bonds is 6. The van der Waals surface area contributed by atoms with E-state index in [2.05, 4.69) is 5.32 Å². The summed E-state index contributed by atoms with van der Waals surface area (Å²) >= 11 is 16.6. The molecule has 0 radical (unpaired) electrons. The van der Waals surface area contributed by atoms with E-state index in [0.29, 0.717) is 6.07 Å². The molecule has 0 spiro atoms. The van der Waals surface area contributed by atoms with Crippen LogP contribution < -0.4 is 10.1 Å². The second-order valence-corrected chi connectivity index (χ2v) is 7.11. The fraction of sp³-hybridized carbons (Fsp3) is 0.111. The number of halogens is 6. The molecule has 0 saturated carbocycles. The van der Waals surface area contributed by atoms with Crippen LogP contribution in [0.4, 0.5) is 18.9 Å². The zero-order valence-electron chi connectivity index (χ0n) is 15.0. The van der Waals surface area contributed by atoms with E-state index in [4.69, 9.17) is 44.8 Å². The lowest BCUT2D eigenvalue weighted by atomic mass is 10.1. The number of ether oxygens (including phenoxy) is 1. The first kappa shape index (κ1) is 24.3. The van der Waals surface area contributed by atoms with Crippen molar-refractivity contribution in [2.45, 2.75) is 6.18 Å². The average molecular weight is 495 g/mol. The Labute approximate surface area is 187 Å². The summed E-state index contributed by atoms with van der Waals surface area (Å²) in [6.07, 6.45) is -4.73. The second kappa shape index (κ2) is 9.87. The number of carbonyl (C=O) groups is 1. The fourth-order valence-electron chi connectivity index (χ4n) is 2.30. The van der Waals surface area contributed by atoms with Crippen LogP contribution in [0.3, 0.4) is 0 Å². The van der Waals surface area contributed by atoms with E-state index in [1.165, 1.54) is 6.07 Å². The lowest BCUT2D eigenvalue weighted by Crippen LogP contribution is -2.25. The maximum Gasteiger partial charge on any atom is 0.417 e. The van der Waals surface area contributed by atoms with Gasteiger partial charge < -0.3 is 10.1 Å². The lowest BCUT2D eigenvalue weighted by Gasteiger charge is -2.12. The Bertz CT molecular complexity index is 1110. The van der Waals surface area contributed by atoms with Crippen LogP contribution in [0.5, 0.6) is 11.5 Å². The molecule has 0 bridgehead atoms. The van der Waals surface area contributed by atoms with Crippen molar-refractivity contribution in [3.05, 3.63) is 72.7 Å². The zero-order chi connectivity index (χ0) is 23.3. The number of hydrogen-bond acceptors (Lipinski definition) is 5. The molecule has 0 aliphatic carbocycles. The van der Waals surface area contributed by atoms with Gasteiger partial charge in [-0.2, -0.15) is 18.4 Å². The number of amides is 1. The predicted octanol–water partition coefficient (Wildman–Crippen LogP) is 5.89. The maximum atomic E-state index is 12.9. The van der Waals surface area contributed by atoms with Crippen LogP contribution >= 0.6 is 34.8 Å². The van der Waals surface area contributed by atoms with Gasteiger partial charge >= 0.3 is 6.18 Å². The summed E-state index contributed by atoms with van der Waals surface area (Å²) in [5.74, 6) is -1.16. The van der Waals surface area contributed by atoms with E-state index in [0.717, 1.165) is 30.3 Å². The van der Waals surface area contributed by atoms with Crippen LogP contribution in [0.2, 0.25) is 0 Å². The average Bonchev–Trinajstić information content (AvgIpc) is 2.70. The van der Waals surface area contributed by atoms with Crippen LogP contribution in [0.1, 0.15) is 21.5 Å². The summed E-state index contributed by atoms with van der Waals surface area (Å²) in [6.45, 7) is -0.310. The van der Waals surface area contributed by atoms with Crippen molar-refractivity contribution in [1.82, 2.24) is 5.32 Å². The smallest absolute Gasteiger partial charge is 0.417 e. The van der Waals surface area contributed by atoms with E-state index in [9.17, 15) is 28.1 Å². The monoisotopic (exact) mass is 493 g/mol. The lowest BCUT2D eigenvalue weighted by molar-refractivity contribution is -0.385. The first-order chi connectivity index (χ1) is 14.4. The minimum Gasteiger partial charge on any atom is -0.457 e. The Kier molecular flexibility index (Phi) is 7.73. The van der Waals surface area contributed by atoms with Gasteiger partial charge in [0.1, 0.15) is 21.6 Å². The molecule has 0 fully saturated rings. The number of nitro benzene ring substituents is 1. The number of nitriles is 1. The molecule has 0 saturated heterocycles. The summed E-state index contributed by atoms with van der Waals surface area (Å²) in [7, 11) is 0. The van der Waals surface area contributed by atoms with Crippen molar-refractivity contribution in [3.63, 3.8) is 0 Å². The van der Waals surface area contributed by atoms with Crippen molar-refractivity contribution in [2.75, 3.05) is 6.54 Å². The van der Waals surface area contributed by atoms with E-state index in [1.54, 1.807) is 0 Å². The quantitative estimate of drug-likeness (QED) is 0.398. The van der Waals surface area contributed by atoms with Gasteiger partial charge in [-0.3, -0.25) is 14.9 Å². The molecule has 1 amide bonds. The Morgan fingerprint density at radius 1 is 1.16 bits per heavy atom. The Morgan fingerprint density at radius 3 is 2.32 bits per heavy atom. The van der Waals surface area contributed by atoms with Crippen molar-refractivity contribution < 1.29 is 27.6 Å². The van der Waals surface area contributed by atoms with Crippen LogP contribution in [-0.2, 0) is 6.18 Å². The Balaban J connectivity index is 2.36. The van der Waals surface area contributed by atoms with E-state index in [1.807, 2.05) is 0 Å². The molecule has 2 aromatic carbocycles. The highest BCUT2D eigenvalue weighted by molar-refractivity contribution is 6.59. The summed E-state index contributed by atoms with van der Waals surface area (Å²) in [6, 6.07) is 7.05. The van der Waals surface area contributed by atoms with Crippen molar-refractivity contribution in [3.8, 4) is 17.6 Å². The van der Waals surface area contributed by atoms with Gasteiger partial charge in [0, 0.05) is 12.1 Å². The van der Waals surface area contributed by atoms with Crippen LogP contribution in [0.15, 0.2) is 45.9 Å². The largest absolute Gasteiger partial charge is 0.457 e. The third-order valence-corrected chi connectivity index (χ3v) is 4.64. The molecule has 7 nitrogen and oxygen atoms in total. The molecule has 0 aromatic heterocycles. The maximum absolute atomic E-state index is 12.9. The number of alkyl halides is 3. The second-order valence-electron chi connectivity index (χ2n) is 5.70. The summed E-state index contributed by atoms with van der Waals surface area (Å²) < 4.78 is 43.8. The number of benzene rings is 2. The zero-order valence-corrected chi connectivity index (χ0v) is 17.2. The molecule has 0 aliphatic heterocycles. The highest BCUT2D eigenvalue weighted by atomic mass is 35.5. The summed E-state index contributed by atoms with van der Waals surface area (Å²) in [4.78, 5) is 22.8. The molecule has 2 aromatic rings. The number of carbonyl (C=O) groups excluding carboxylic acids is 1. The van der Waals surface area contributed by atoms with Gasteiger partial charge in [0.05, 0.1) is 33.7 Å². The standard InChI is InChI=1S/C18H9Cl3F3N3O4/c19-14(16(20)21)8-26-17(28)12-6-11(2-4-15(12)27(29)30)31-10-1-3-13(18(22,23)24)9(5-10)7-25/h1-6H,8H2,(H,26,28). The van der Waals surface area contributed by atoms with Crippen molar-refractivity contribution >= 4 is 46.4 Å². The van der Waals surface area contributed by atoms with E-state index >= 15 is 0 Å². The molecule has 0 aliphatic rings. The number of hydrogen-bond donors (Lipinski definition) is 1. The first-order valence-corrected chi connectivity index (χ1v) is 9.13. The minimum atomic E-state index is -4.73. The van der Waals surface area contributed by atoms with Crippen molar-refractivity contribution in [1.29, 1.82) is 5.26 Å². The number of nitrogens with one attached hydrogen (secondary N) is 1. The third kappa shape index (κ3) is 6.24. The molecule has 31 heavy (non-hydrogen) atoms. The summed E-state index contributed by atoms with van der Waals surface area (Å²) in [5.41, 5.74) is -2.80. The molecule has 13 heteroatoms.